The zero-order chi connectivity index (χ0) is 14.4. The van der Waals surface area contributed by atoms with Crippen molar-refractivity contribution in [1.29, 1.82) is 0 Å². The summed E-state index contributed by atoms with van der Waals surface area (Å²) in [5.74, 6) is -1.09. The highest BCUT2D eigenvalue weighted by molar-refractivity contribution is 5.76. The van der Waals surface area contributed by atoms with E-state index in [1.807, 2.05) is 0 Å². The van der Waals surface area contributed by atoms with E-state index in [0.29, 0.717) is 44.8 Å². The Bertz CT molecular complexity index is 462. The number of carbonyl (C=O) groups is 1. The van der Waals surface area contributed by atoms with E-state index in [0.717, 1.165) is 6.07 Å². The second-order valence-corrected chi connectivity index (χ2v) is 4.66. The Balaban J connectivity index is 1.69. The molecular formula is C14H18F2N2O2. The average Bonchev–Trinajstić information content (AvgIpc) is 2.46. The van der Waals surface area contributed by atoms with E-state index in [1.54, 1.807) is 4.90 Å². The molecule has 0 aliphatic carbocycles. The van der Waals surface area contributed by atoms with Gasteiger partial charge in [0.1, 0.15) is 11.6 Å². The minimum Gasteiger partial charge on any atom is -0.378 e. The lowest BCUT2D eigenvalue weighted by Gasteiger charge is -2.26. The average molecular weight is 284 g/mol. The van der Waals surface area contributed by atoms with Crippen LogP contribution in [-0.2, 0) is 16.1 Å². The Kier molecular flexibility index (Phi) is 5.43. The summed E-state index contributed by atoms with van der Waals surface area (Å²) in [6.45, 7) is 3.17. The fourth-order valence-corrected chi connectivity index (χ4v) is 2.05. The minimum atomic E-state index is -0.589. The Morgan fingerprint density at radius 1 is 1.30 bits per heavy atom. The lowest BCUT2D eigenvalue weighted by Crippen LogP contribution is -2.41. The van der Waals surface area contributed by atoms with Crippen LogP contribution < -0.4 is 5.32 Å². The highest BCUT2D eigenvalue weighted by Crippen LogP contribution is 2.09. The first kappa shape index (κ1) is 14.9. The lowest BCUT2D eigenvalue weighted by atomic mass is 10.2. The van der Waals surface area contributed by atoms with Crippen molar-refractivity contribution in [2.75, 3.05) is 32.8 Å². The van der Waals surface area contributed by atoms with E-state index in [9.17, 15) is 13.6 Å². The van der Waals surface area contributed by atoms with E-state index in [2.05, 4.69) is 5.32 Å². The molecule has 0 unspecified atom stereocenters. The van der Waals surface area contributed by atoms with Gasteiger partial charge in [0.25, 0.3) is 0 Å². The predicted octanol–water partition coefficient (Wildman–Crippen LogP) is 1.30. The zero-order valence-electron chi connectivity index (χ0n) is 11.2. The third-order valence-electron chi connectivity index (χ3n) is 3.21. The number of nitrogens with zero attached hydrogens (tertiary/aromatic N) is 1. The molecule has 20 heavy (non-hydrogen) atoms. The molecular weight excluding hydrogens is 266 g/mol. The van der Waals surface area contributed by atoms with E-state index in [1.165, 1.54) is 12.1 Å². The van der Waals surface area contributed by atoms with Gasteiger partial charge in [0.2, 0.25) is 5.91 Å². The fraction of sp³-hybridized carbons (Fsp3) is 0.500. The highest BCUT2D eigenvalue weighted by Gasteiger charge is 2.15. The van der Waals surface area contributed by atoms with Crippen LogP contribution in [0.4, 0.5) is 8.78 Å². The van der Waals surface area contributed by atoms with Crippen LogP contribution >= 0.6 is 0 Å². The SMILES string of the molecule is O=C(CCNCc1ccc(F)cc1F)N1CCOCC1. The van der Waals surface area contributed by atoms with Gasteiger partial charge in [0.05, 0.1) is 13.2 Å². The van der Waals surface area contributed by atoms with E-state index >= 15 is 0 Å². The number of rotatable bonds is 5. The number of hydrogen-bond donors (Lipinski definition) is 1. The second kappa shape index (κ2) is 7.31. The monoisotopic (exact) mass is 284 g/mol. The third kappa shape index (κ3) is 4.25. The molecule has 0 radical (unpaired) electrons. The lowest BCUT2D eigenvalue weighted by molar-refractivity contribution is -0.135. The van der Waals surface area contributed by atoms with E-state index < -0.39 is 11.6 Å². The van der Waals surface area contributed by atoms with Crippen molar-refractivity contribution in [2.45, 2.75) is 13.0 Å². The molecule has 1 aliphatic rings. The molecule has 1 aromatic carbocycles. The van der Waals surface area contributed by atoms with Gasteiger partial charge in [-0.15, -0.1) is 0 Å². The zero-order valence-corrected chi connectivity index (χ0v) is 11.2. The Labute approximate surface area is 116 Å². The summed E-state index contributed by atoms with van der Waals surface area (Å²) in [6, 6.07) is 3.48. The van der Waals surface area contributed by atoms with Gasteiger partial charge in [-0.1, -0.05) is 6.07 Å². The van der Waals surface area contributed by atoms with Crippen molar-refractivity contribution < 1.29 is 18.3 Å². The van der Waals surface area contributed by atoms with E-state index in [-0.39, 0.29) is 12.5 Å². The number of benzene rings is 1. The first-order valence-corrected chi connectivity index (χ1v) is 6.67. The van der Waals surface area contributed by atoms with Crippen LogP contribution in [-0.4, -0.2) is 43.7 Å². The molecule has 0 atom stereocenters. The highest BCUT2D eigenvalue weighted by atomic mass is 19.1. The van der Waals surface area contributed by atoms with Crippen LogP contribution in [0, 0.1) is 11.6 Å². The van der Waals surface area contributed by atoms with Crippen molar-refractivity contribution in [3.05, 3.63) is 35.4 Å². The van der Waals surface area contributed by atoms with E-state index in [4.69, 9.17) is 4.74 Å². The molecule has 1 N–H and O–H groups in total. The molecule has 4 nitrogen and oxygen atoms in total. The topological polar surface area (TPSA) is 41.6 Å². The Morgan fingerprint density at radius 2 is 2.05 bits per heavy atom. The number of amides is 1. The molecule has 1 aliphatic heterocycles. The maximum absolute atomic E-state index is 13.4. The van der Waals surface area contributed by atoms with Crippen LogP contribution in [0.1, 0.15) is 12.0 Å². The summed E-state index contributed by atoms with van der Waals surface area (Å²) < 4.78 is 31.3. The van der Waals surface area contributed by atoms with Crippen LogP contribution in [0.2, 0.25) is 0 Å². The Morgan fingerprint density at radius 3 is 2.75 bits per heavy atom. The standard InChI is InChI=1S/C14H18F2N2O2/c15-12-2-1-11(13(16)9-12)10-17-4-3-14(19)18-5-7-20-8-6-18/h1-2,9,17H,3-8,10H2. The number of nitrogens with one attached hydrogen (secondary N) is 1. The molecule has 1 aromatic rings. The molecule has 0 spiro atoms. The Hall–Kier alpha value is -1.53. The summed E-state index contributed by atoms with van der Waals surface area (Å²) in [5.41, 5.74) is 0.394. The van der Waals surface area contributed by atoms with Crippen LogP contribution in [0.25, 0.3) is 0 Å². The molecule has 1 fully saturated rings. The van der Waals surface area contributed by atoms with Gasteiger partial charge in [-0.3, -0.25) is 4.79 Å². The summed E-state index contributed by atoms with van der Waals surface area (Å²) in [5, 5.41) is 2.99. The van der Waals surface area contributed by atoms with Crippen molar-refractivity contribution in [1.82, 2.24) is 10.2 Å². The molecule has 1 amide bonds. The molecule has 0 bridgehead atoms. The van der Waals surface area contributed by atoms with Crippen LogP contribution in [0.5, 0.6) is 0 Å². The fourth-order valence-electron chi connectivity index (χ4n) is 2.05. The smallest absolute Gasteiger partial charge is 0.224 e. The second-order valence-electron chi connectivity index (χ2n) is 4.66. The van der Waals surface area contributed by atoms with Gasteiger partial charge in [-0.2, -0.15) is 0 Å². The molecule has 2 rings (SSSR count). The third-order valence-corrected chi connectivity index (χ3v) is 3.21. The quantitative estimate of drug-likeness (QED) is 0.829. The molecule has 0 saturated carbocycles. The van der Waals surface area contributed by atoms with Crippen molar-refractivity contribution in [2.24, 2.45) is 0 Å². The number of ether oxygens (including phenoxy) is 1. The van der Waals surface area contributed by atoms with Crippen molar-refractivity contribution in [3.63, 3.8) is 0 Å². The number of halogens is 2. The van der Waals surface area contributed by atoms with Crippen LogP contribution in [0.15, 0.2) is 18.2 Å². The van der Waals surface area contributed by atoms with Gasteiger partial charge in [0, 0.05) is 44.2 Å². The number of carbonyl (C=O) groups excluding carboxylic acids is 1. The van der Waals surface area contributed by atoms with Gasteiger partial charge in [-0.05, 0) is 6.07 Å². The minimum absolute atomic E-state index is 0.0698. The normalized spacial score (nSPS) is 15.4. The summed E-state index contributed by atoms with van der Waals surface area (Å²) >= 11 is 0. The molecule has 110 valence electrons. The summed E-state index contributed by atoms with van der Waals surface area (Å²) in [4.78, 5) is 13.6. The first-order chi connectivity index (χ1) is 9.66. The summed E-state index contributed by atoms with van der Waals surface area (Å²) in [6.07, 6.45) is 0.364. The van der Waals surface area contributed by atoms with Gasteiger partial charge in [0.15, 0.2) is 0 Å². The van der Waals surface area contributed by atoms with Crippen molar-refractivity contribution >= 4 is 5.91 Å². The summed E-state index contributed by atoms with van der Waals surface area (Å²) in [7, 11) is 0. The molecule has 6 heteroatoms. The number of hydrogen-bond acceptors (Lipinski definition) is 3. The van der Waals surface area contributed by atoms with Gasteiger partial charge < -0.3 is 15.0 Å². The van der Waals surface area contributed by atoms with Gasteiger partial charge in [-0.25, -0.2) is 8.78 Å². The first-order valence-electron chi connectivity index (χ1n) is 6.67. The predicted molar refractivity (Wildman–Crippen MR) is 70.1 cm³/mol. The maximum Gasteiger partial charge on any atom is 0.224 e. The maximum atomic E-state index is 13.4. The van der Waals surface area contributed by atoms with Gasteiger partial charge >= 0.3 is 0 Å². The van der Waals surface area contributed by atoms with Crippen molar-refractivity contribution in [3.8, 4) is 0 Å². The largest absolute Gasteiger partial charge is 0.378 e. The number of morpholine rings is 1. The molecule has 1 saturated heterocycles. The van der Waals surface area contributed by atoms with Crippen LogP contribution in [0.3, 0.4) is 0 Å². The molecule has 1 heterocycles. The molecule has 0 aromatic heterocycles.